The van der Waals surface area contributed by atoms with E-state index in [2.05, 4.69) is 5.32 Å². The summed E-state index contributed by atoms with van der Waals surface area (Å²) in [5.41, 5.74) is -0.128. The fraction of sp³-hybridized carbons (Fsp3) is 0.417. The van der Waals surface area contributed by atoms with Gasteiger partial charge in [-0.25, -0.2) is 4.79 Å². The topological polar surface area (TPSA) is 38.3 Å². The van der Waals surface area contributed by atoms with Crippen LogP contribution in [0.1, 0.15) is 24.5 Å². The van der Waals surface area contributed by atoms with Gasteiger partial charge in [0, 0.05) is 6.54 Å². The molecule has 1 rings (SSSR count). The fourth-order valence-corrected chi connectivity index (χ4v) is 1.23. The second kappa shape index (κ2) is 6.28. The number of carbonyl (C=O) groups is 1. The van der Waals surface area contributed by atoms with E-state index in [4.69, 9.17) is 4.74 Å². The van der Waals surface area contributed by atoms with Crippen LogP contribution in [0, 0.1) is 0 Å². The number of alkyl halides is 3. The zero-order valence-electron chi connectivity index (χ0n) is 9.88. The van der Waals surface area contributed by atoms with E-state index < -0.39 is 17.8 Å². The summed E-state index contributed by atoms with van der Waals surface area (Å²) in [4.78, 5) is 11.1. The Morgan fingerprint density at radius 2 is 1.89 bits per heavy atom. The number of amides is 1. The molecule has 18 heavy (non-hydrogen) atoms. The molecule has 0 aliphatic heterocycles. The molecule has 6 heteroatoms. The SMILES string of the molecule is CCCOC(=O)NCc1ccc(C(F)(F)F)cc1. The van der Waals surface area contributed by atoms with Gasteiger partial charge in [0.05, 0.1) is 12.2 Å². The summed E-state index contributed by atoms with van der Waals surface area (Å²) in [5.74, 6) is 0. The third-order valence-electron chi connectivity index (χ3n) is 2.16. The predicted molar refractivity (Wildman–Crippen MR) is 59.9 cm³/mol. The van der Waals surface area contributed by atoms with E-state index in [0.29, 0.717) is 18.6 Å². The highest BCUT2D eigenvalue weighted by atomic mass is 19.4. The molecule has 3 nitrogen and oxygen atoms in total. The molecule has 0 spiro atoms. The third-order valence-corrected chi connectivity index (χ3v) is 2.16. The van der Waals surface area contributed by atoms with E-state index in [1.165, 1.54) is 12.1 Å². The molecule has 0 saturated carbocycles. The zero-order valence-corrected chi connectivity index (χ0v) is 9.88. The van der Waals surface area contributed by atoms with Gasteiger partial charge in [0.1, 0.15) is 0 Å². The van der Waals surface area contributed by atoms with Crippen molar-refractivity contribution in [1.29, 1.82) is 0 Å². The number of halogens is 3. The van der Waals surface area contributed by atoms with Crippen LogP contribution in [-0.2, 0) is 17.5 Å². The van der Waals surface area contributed by atoms with Crippen molar-refractivity contribution in [2.75, 3.05) is 6.61 Å². The van der Waals surface area contributed by atoms with Crippen molar-refractivity contribution in [3.63, 3.8) is 0 Å². The predicted octanol–water partition coefficient (Wildman–Crippen LogP) is 3.34. The highest BCUT2D eigenvalue weighted by Gasteiger charge is 2.29. The van der Waals surface area contributed by atoms with Crippen molar-refractivity contribution in [1.82, 2.24) is 5.32 Å². The molecule has 1 aromatic carbocycles. The van der Waals surface area contributed by atoms with Crippen molar-refractivity contribution in [3.8, 4) is 0 Å². The molecule has 1 aromatic rings. The molecule has 0 fully saturated rings. The Balaban J connectivity index is 2.47. The Morgan fingerprint density at radius 1 is 1.28 bits per heavy atom. The van der Waals surface area contributed by atoms with Crippen LogP contribution in [0.2, 0.25) is 0 Å². The maximum Gasteiger partial charge on any atom is 0.416 e. The Labute approximate surface area is 103 Å². The van der Waals surface area contributed by atoms with Gasteiger partial charge < -0.3 is 10.1 Å². The number of benzene rings is 1. The molecule has 0 radical (unpaired) electrons. The molecule has 1 amide bonds. The average Bonchev–Trinajstić information content (AvgIpc) is 2.33. The first kappa shape index (κ1) is 14.3. The van der Waals surface area contributed by atoms with Gasteiger partial charge in [-0.05, 0) is 24.1 Å². The second-order valence-electron chi connectivity index (χ2n) is 3.68. The number of hydrogen-bond acceptors (Lipinski definition) is 2. The van der Waals surface area contributed by atoms with E-state index in [1.54, 1.807) is 0 Å². The van der Waals surface area contributed by atoms with Gasteiger partial charge in [0.25, 0.3) is 0 Å². The van der Waals surface area contributed by atoms with Gasteiger partial charge in [0.2, 0.25) is 0 Å². The summed E-state index contributed by atoms with van der Waals surface area (Å²) in [6.45, 7) is 2.32. The van der Waals surface area contributed by atoms with Gasteiger partial charge in [0.15, 0.2) is 0 Å². The van der Waals surface area contributed by atoms with Crippen LogP contribution in [0.4, 0.5) is 18.0 Å². The molecular weight excluding hydrogens is 247 g/mol. The monoisotopic (exact) mass is 261 g/mol. The molecule has 0 bridgehead atoms. The van der Waals surface area contributed by atoms with E-state index in [0.717, 1.165) is 12.1 Å². The highest BCUT2D eigenvalue weighted by molar-refractivity contribution is 5.67. The molecule has 0 unspecified atom stereocenters. The van der Waals surface area contributed by atoms with Crippen molar-refractivity contribution in [2.45, 2.75) is 26.1 Å². The molecular formula is C12H14F3NO2. The first-order valence-electron chi connectivity index (χ1n) is 5.50. The van der Waals surface area contributed by atoms with Crippen LogP contribution >= 0.6 is 0 Å². The number of carbonyl (C=O) groups excluding carboxylic acids is 1. The van der Waals surface area contributed by atoms with Crippen LogP contribution in [-0.4, -0.2) is 12.7 Å². The molecule has 0 atom stereocenters. The van der Waals surface area contributed by atoms with Crippen LogP contribution in [0.3, 0.4) is 0 Å². The van der Waals surface area contributed by atoms with Crippen LogP contribution in [0.5, 0.6) is 0 Å². The van der Waals surface area contributed by atoms with Crippen molar-refractivity contribution >= 4 is 6.09 Å². The summed E-state index contributed by atoms with van der Waals surface area (Å²) in [5, 5.41) is 2.45. The number of hydrogen-bond donors (Lipinski definition) is 1. The number of alkyl carbamates (subject to hydrolysis) is 1. The minimum atomic E-state index is -4.34. The Kier molecular flexibility index (Phi) is 5.00. The average molecular weight is 261 g/mol. The number of rotatable bonds is 4. The maximum atomic E-state index is 12.3. The lowest BCUT2D eigenvalue weighted by Gasteiger charge is -2.08. The lowest BCUT2D eigenvalue weighted by Crippen LogP contribution is -2.24. The Morgan fingerprint density at radius 3 is 2.39 bits per heavy atom. The summed E-state index contributed by atoms with van der Waals surface area (Å²) < 4.78 is 41.6. The summed E-state index contributed by atoms with van der Waals surface area (Å²) in [6, 6.07) is 4.61. The lowest BCUT2D eigenvalue weighted by atomic mass is 10.1. The molecule has 0 aliphatic rings. The van der Waals surface area contributed by atoms with E-state index in [1.807, 2.05) is 6.92 Å². The van der Waals surface area contributed by atoms with Gasteiger partial charge in [-0.2, -0.15) is 13.2 Å². The minimum Gasteiger partial charge on any atom is -0.450 e. The van der Waals surface area contributed by atoms with Crippen LogP contribution in [0.15, 0.2) is 24.3 Å². The number of ether oxygens (including phenoxy) is 1. The van der Waals surface area contributed by atoms with Gasteiger partial charge in [-0.3, -0.25) is 0 Å². The molecule has 0 heterocycles. The number of nitrogens with one attached hydrogen (secondary N) is 1. The van der Waals surface area contributed by atoms with Crippen molar-refractivity contribution in [2.24, 2.45) is 0 Å². The third kappa shape index (κ3) is 4.65. The van der Waals surface area contributed by atoms with Crippen LogP contribution in [0.25, 0.3) is 0 Å². The summed E-state index contributed by atoms with van der Waals surface area (Å²) in [6.07, 6.45) is -4.20. The highest BCUT2D eigenvalue weighted by Crippen LogP contribution is 2.28. The van der Waals surface area contributed by atoms with Gasteiger partial charge >= 0.3 is 12.3 Å². The van der Waals surface area contributed by atoms with E-state index in [9.17, 15) is 18.0 Å². The largest absolute Gasteiger partial charge is 0.450 e. The maximum absolute atomic E-state index is 12.3. The Bertz CT molecular complexity index is 387. The van der Waals surface area contributed by atoms with Crippen LogP contribution < -0.4 is 5.32 Å². The summed E-state index contributed by atoms with van der Waals surface area (Å²) >= 11 is 0. The quantitative estimate of drug-likeness (QED) is 0.902. The minimum absolute atomic E-state index is 0.140. The lowest BCUT2D eigenvalue weighted by molar-refractivity contribution is -0.137. The molecule has 0 saturated heterocycles. The zero-order chi connectivity index (χ0) is 13.6. The first-order chi connectivity index (χ1) is 8.43. The van der Waals surface area contributed by atoms with E-state index in [-0.39, 0.29) is 6.54 Å². The smallest absolute Gasteiger partial charge is 0.416 e. The van der Waals surface area contributed by atoms with Crippen molar-refractivity contribution in [3.05, 3.63) is 35.4 Å². The second-order valence-corrected chi connectivity index (χ2v) is 3.68. The molecule has 0 aromatic heterocycles. The standard InChI is InChI=1S/C12H14F3NO2/c1-2-7-18-11(17)16-8-9-3-5-10(6-4-9)12(13,14)15/h3-6H,2,7-8H2,1H3,(H,16,17). The molecule has 0 aliphatic carbocycles. The first-order valence-corrected chi connectivity index (χ1v) is 5.50. The molecule has 100 valence electrons. The van der Waals surface area contributed by atoms with Gasteiger partial charge in [-0.15, -0.1) is 0 Å². The van der Waals surface area contributed by atoms with E-state index >= 15 is 0 Å². The fourth-order valence-electron chi connectivity index (χ4n) is 1.23. The normalized spacial score (nSPS) is 11.1. The Hall–Kier alpha value is -1.72. The molecule has 1 N–H and O–H groups in total. The van der Waals surface area contributed by atoms with Crippen molar-refractivity contribution < 1.29 is 22.7 Å². The van der Waals surface area contributed by atoms with Gasteiger partial charge in [-0.1, -0.05) is 19.1 Å². The summed E-state index contributed by atoms with van der Waals surface area (Å²) in [7, 11) is 0.